The van der Waals surface area contributed by atoms with Gasteiger partial charge in [-0.15, -0.1) is 0 Å². The Balaban J connectivity index is 1.32. The van der Waals surface area contributed by atoms with Crippen LogP contribution in [-0.4, -0.2) is 54.7 Å². The van der Waals surface area contributed by atoms with E-state index in [0.29, 0.717) is 5.92 Å². The third kappa shape index (κ3) is 3.72. The van der Waals surface area contributed by atoms with Crippen LogP contribution in [-0.2, 0) is 4.74 Å². The van der Waals surface area contributed by atoms with Crippen molar-refractivity contribution in [1.82, 2.24) is 15.2 Å². The van der Waals surface area contributed by atoms with Gasteiger partial charge in [0.2, 0.25) is 0 Å². The number of aromatic amines is 1. The van der Waals surface area contributed by atoms with Crippen molar-refractivity contribution in [2.45, 2.75) is 32.2 Å². The maximum absolute atomic E-state index is 12.7. The van der Waals surface area contributed by atoms with Gasteiger partial charge in [0.05, 0.1) is 12.2 Å². The number of piperidine rings is 1. The summed E-state index contributed by atoms with van der Waals surface area (Å²) in [5.41, 5.74) is 2.97. The summed E-state index contributed by atoms with van der Waals surface area (Å²) in [4.78, 5) is 18.4. The second kappa shape index (κ2) is 7.18. The molecule has 3 heterocycles. The monoisotopic (exact) mass is 341 g/mol. The Bertz CT molecular complexity index is 740. The van der Waals surface area contributed by atoms with Crippen LogP contribution in [0.5, 0.6) is 0 Å². The number of ether oxygens (including phenoxy) is 1. The van der Waals surface area contributed by atoms with E-state index >= 15 is 0 Å². The molecule has 0 radical (unpaired) electrons. The van der Waals surface area contributed by atoms with Crippen molar-refractivity contribution in [2.24, 2.45) is 5.92 Å². The summed E-state index contributed by atoms with van der Waals surface area (Å²) in [5.74, 6) is 0.735. The predicted molar refractivity (Wildman–Crippen MR) is 98.9 cm³/mol. The first-order chi connectivity index (χ1) is 12.2. The maximum atomic E-state index is 12.7. The van der Waals surface area contributed by atoms with Crippen molar-refractivity contribution in [2.75, 3.05) is 32.8 Å². The van der Waals surface area contributed by atoms with Gasteiger partial charge < -0.3 is 19.9 Å². The van der Waals surface area contributed by atoms with E-state index in [-0.39, 0.29) is 11.9 Å². The lowest BCUT2D eigenvalue weighted by Crippen LogP contribution is -2.45. The molecule has 2 fully saturated rings. The van der Waals surface area contributed by atoms with Gasteiger partial charge >= 0.3 is 0 Å². The van der Waals surface area contributed by atoms with Crippen molar-refractivity contribution in [3.8, 4) is 0 Å². The number of aryl methyl sites for hydroxylation is 1. The quantitative estimate of drug-likeness (QED) is 0.899. The maximum Gasteiger partial charge on any atom is 0.253 e. The van der Waals surface area contributed by atoms with Crippen LogP contribution in [0.2, 0.25) is 0 Å². The van der Waals surface area contributed by atoms with Gasteiger partial charge in [0.15, 0.2) is 0 Å². The van der Waals surface area contributed by atoms with Crippen LogP contribution in [0.25, 0.3) is 10.9 Å². The van der Waals surface area contributed by atoms with E-state index < -0.39 is 0 Å². The summed E-state index contributed by atoms with van der Waals surface area (Å²) in [6.07, 6.45) is 5.08. The molecule has 2 N–H and O–H groups in total. The van der Waals surface area contributed by atoms with Crippen LogP contribution in [0.4, 0.5) is 0 Å². The van der Waals surface area contributed by atoms with Crippen LogP contribution in [0.3, 0.4) is 0 Å². The number of amides is 1. The second-order valence-corrected chi connectivity index (χ2v) is 7.53. The zero-order valence-corrected chi connectivity index (χ0v) is 14.9. The molecule has 5 heteroatoms. The molecule has 2 aliphatic heterocycles. The molecule has 0 saturated carbocycles. The minimum Gasteiger partial charge on any atom is -0.381 e. The van der Waals surface area contributed by atoms with Crippen LogP contribution in [0.1, 0.15) is 35.2 Å². The number of nitrogens with zero attached hydrogens (tertiary/aromatic N) is 1. The summed E-state index contributed by atoms with van der Waals surface area (Å²) in [7, 11) is 0. The molecule has 4 rings (SSSR count). The van der Waals surface area contributed by atoms with Gasteiger partial charge in [-0.05, 0) is 43.7 Å². The molecule has 1 aromatic heterocycles. The molecule has 1 amide bonds. The Labute approximate surface area is 148 Å². The SMILES string of the molecule is Cc1ccc2c(C(=O)NC3CCN(CC4CCOC4)CC3)c[nH]c2c1. The van der Waals surface area contributed by atoms with Gasteiger partial charge in [0.1, 0.15) is 0 Å². The third-order valence-electron chi connectivity index (χ3n) is 5.55. The number of likely N-dealkylation sites (tertiary alicyclic amines) is 1. The first kappa shape index (κ1) is 16.6. The number of fused-ring (bicyclic) bond motifs is 1. The van der Waals surface area contributed by atoms with Crippen molar-refractivity contribution in [1.29, 1.82) is 0 Å². The molecule has 2 saturated heterocycles. The Morgan fingerprint density at radius 2 is 2.16 bits per heavy atom. The van der Waals surface area contributed by atoms with Crippen LogP contribution in [0.15, 0.2) is 24.4 Å². The first-order valence-corrected chi connectivity index (χ1v) is 9.38. The Hall–Kier alpha value is -1.85. The second-order valence-electron chi connectivity index (χ2n) is 7.53. The number of rotatable bonds is 4. The number of carbonyl (C=O) groups excluding carboxylic acids is 1. The molecule has 1 atom stereocenters. The molecule has 25 heavy (non-hydrogen) atoms. The normalized spacial score (nSPS) is 22.5. The number of nitrogens with one attached hydrogen (secondary N) is 2. The topological polar surface area (TPSA) is 57.4 Å². The summed E-state index contributed by atoms with van der Waals surface area (Å²) >= 11 is 0. The Kier molecular flexibility index (Phi) is 4.77. The Morgan fingerprint density at radius 3 is 2.92 bits per heavy atom. The van der Waals surface area contributed by atoms with E-state index in [0.717, 1.165) is 62.2 Å². The van der Waals surface area contributed by atoms with Crippen molar-refractivity contribution in [3.63, 3.8) is 0 Å². The molecule has 0 aliphatic carbocycles. The Morgan fingerprint density at radius 1 is 1.32 bits per heavy atom. The molecule has 134 valence electrons. The number of carbonyl (C=O) groups is 1. The van der Waals surface area contributed by atoms with Crippen molar-refractivity contribution in [3.05, 3.63) is 35.5 Å². The lowest BCUT2D eigenvalue weighted by molar-refractivity contribution is 0.0905. The van der Waals surface area contributed by atoms with Gasteiger partial charge in [0, 0.05) is 49.4 Å². The van der Waals surface area contributed by atoms with Gasteiger partial charge in [-0.25, -0.2) is 0 Å². The van der Waals surface area contributed by atoms with Crippen LogP contribution < -0.4 is 5.32 Å². The smallest absolute Gasteiger partial charge is 0.253 e. The highest BCUT2D eigenvalue weighted by Crippen LogP contribution is 2.21. The summed E-state index contributed by atoms with van der Waals surface area (Å²) in [6.45, 7) is 7.16. The van der Waals surface area contributed by atoms with E-state index in [1.165, 1.54) is 12.0 Å². The van der Waals surface area contributed by atoms with Gasteiger partial charge in [-0.2, -0.15) is 0 Å². The molecule has 1 unspecified atom stereocenters. The van der Waals surface area contributed by atoms with E-state index in [1.54, 1.807) is 0 Å². The molecule has 5 nitrogen and oxygen atoms in total. The summed E-state index contributed by atoms with van der Waals surface area (Å²) in [6, 6.07) is 6.44. The van der Waals surface area contributed by atoms with E-state index in [2.05, 4.69) is 34.3 Å². The molecule has 2 aromatic rings. The number of benzene rings is 1. The minimum atomic E-state index is 0.0396. The zero-order chi connectivity index (χ0) is 17.2. The number of hydrogen-bond acceptors (Lipinski definition) is 3. The first-order valence-electron chi connectivity index (χ1n) is 9.38. The minimum absolute atomic E-state index is 0.0396. The van der Waals surface area contributed by atoms with Gasteiger partial charge in [-0.1, -0.05) is 12.1 Å². The summed E-state index contributed by atoms with van der Waals surface area (Å²) in [5, 5.41) is 4.23. The highest BCUT2D eigenvalue weighted by molar-refractivity contribution is 6.06. The van der Waals surface area contributed by atoms with Crippen molar-refractivity contribution >= 4 is 16.8 Å². The zero-order valence-electron chi connectivity index (χ0n) is 14.9. The number of H-pyrrole nitrogens is 1. The standard InChI is InChI=1S/C20H27N3O2/c1-14-2-3-17-18(11-21-19(17)10-14)20(24)22-16-4-7-23(8-5-16)12-15-6-9-25-13-15/h2-3,10-11,15-16,21H,4-9,12-13H2,1H3,(H,22,24). The fourth-order valence-electron chi connectivity index (χ4n) is 4.04. The van der Waals surface area contributed by atoms with E-state index in [9.17, 15) is 4.79 Å². The lowest BCUT2D eigenvalue weighted by Gasteiger charge is -2.33. The molecule has 0 spiro atoms. The van der Waals surface area contributed by atoms with Crippen molar-refractivity contribution < 1.29 is 9.53 Å². The summed E-state index contributed by atoms with van der Waals surface area (Å²) < 4.78 is 5.47. The van der Waals surface area contributed by atoms with E-state index in [4.69, 9.17) is 4.74 Å². The number of hydrogen-bond donors (Lipinski definition) is 2. The molecule has 0 bridgehead atoms. The molecular formula is C20H27N3O2. The fourth-order valence-corrected chi connectivity index (χ4v) is 4.04. The fraction of sp³-hybridized carbons (Fsp3) is 0.550. The van der Waals surface area contributed by atoms with Gasteiger partial charge in [0.25, 0.3) is 5.91 Å². The average Bonchev–Trinajstić information content (AvgIpc) is 3.25. The highest BCUT2D eigenvalue weighted by atomic mass is 16.5. The van der Waals surface area contributed by atoms with Crippen LogP contribution >= 0.6 is 0 Å². The largest absolute Gasteiger partial charge is 0.381 e. The lowest BCUT2D eigenvalue weighted by atomic mass is 10.0. The molecule has 1 aromatic carbocycles. The average molecular weight is 341 g/mol. The van der Waals surface area contributed by atoms with Gasteiger partial charge in [-0.3, -0.25) is 4.79 Å². The predicted octanol–water partition coefficient (Wildman–Crippen LogP) is 2.71. The third-order valence-corrected chi connectivity index (χ3v) is 5.55. The number of aromatic nitrogens is 1. The highest BCUT2D eigenvalue weighted by Gasteiger charge is 2.25. The van der Waals surface area contributed by atoms with Crippen LogP contribution in [0, 0.1) is 12.8 Å². The van der Waals surface area contributed by atoms with E-state index in [1.807, 2.05) is 12.3 Å². The molecule has 2 aliphatic rings. The molecular weight excluding hydrogens is 314 g/mol.